The van der Waals surface area contributed by atoms with Crippen LogP contribution in [0.1, 0.15) is 18.9 Å². The summed E-state index contributed by atoms with van der Waals surface area (Å²) in [5, 5.41) is 0.0167. The molecule has 1 aromatic rings. The minimum Gasteiger partial charge on any atom is -0.385 e. The van der Waals surface area contributed by atoms with Gasteiger partial charge in [0.15, 0.2) is 0 Å². The number of thioether (sulfide) groups is 1. The highest BCUT2D eigenvalue weighted by atomic mass is 32.2. The van der Waals surface area contributed by atoms with Crippen LogP contribution in [0.2, 0.25) is 0 Å². The summed E-state index contributed by atoms with van der Waals surface area (Å²) in [5.41, 5.74) is 2.38. The Labute approximate surface area is 119 Å². The molecule has 0 fully saturated rings. The van der Waals surface area contributed by atoms with Gasteiger partial charge in [-0.15, -0.1) is 11.8 Å². The van der Waals surface area contributed by atoms with Gasteiger partial charge in [0, 0.05) is 25.9 Å². The number of carbonyl (C=O) groups is 1. The molecule has 1 atom stereocenters. The van der Waals surface area contributed by atoms with E-state index >= 15 is 0 Å². The summed E-state index contributed by atoms with van der Waals surface area (Å²) >= 11 is 1.71. The van der Waals surface area contributed by atoms with Crippen molar-refractivity contribution in [2.45, 2.75) is 25.0 Å². The molecule has 19 heavy (non-hydrogen) atoms. The Morgan fingerprint density at radius 1 is 1.47 bits per heavy atom. The van der Waals surface area contributed by atoms with Crippen LogP contribution in [0.25, 0.3) is 0 Å². The Morgan fingerprint density at radius 3 is 3.05 bits per heavy atom. The first-order valence-corrected chi connectivity index (χ1v) is 7.78. The van der Waals surface area contributed by atoms with Crippen LogP contribution in [0, 0.1) is 0 Å². The Morgan fingerprint density at radius 2 is 2.26 bits per heavy atom. The van der Waals surface area contributed by atoms with Gasteiger partial charge in [-0.2, -0.15) is 0 Å². The topological polar surface area (TPSA) is 29.5 Å². The van der Waals surface area contributed by atoms with Crippen molar-refractivity contribution in [1.82, 2.24) is 0 Å². The number of nitrogens with zero attached hydrogens (tertiary/aromatic N) is 1. The number of hydrogen-bond acceptors (Lipinski definition) is 3. The molecule has 1 aliphatic rings. The normalized spacial score (nSPS) is 15.4. The zero-order valence-corrected chi connectivity index (χ0v) is 12.4. The average molecular weight is 279 g/mol. The number of hydrogen-bond donors (Lipinski definition) is 0. The van der Waals surface area contributed by atoms with Crippen molar-refractivity contribution < 1.29 is 9.53 Å². The third-order valence-electron chi connectivity index (χ3n) is 3.36. The second kappa shape index (κ2) is 6.96. The highest BCUT2D eigenvalue weighted by Gasteiger charge is 2.27. The van der Waals surface area contributed by atoms with E-state index in [0.29, 0.717) is 0 Å². The van der Waals surface area contributed by atoms with E-state index < -0.39 is 0 Å². The van der Waals surface area contributed by atoms with Crippen molar-refractivity contribution in [2.75, 3.05) is 30.9 Å². The standard InChI is InChI=1S/C15H21NO2S/c1-12(19-11-5-10-18-2)15(17)16-9-8-13-6-3-4-7-14(13)16/h3-4,6-7,12H,5,8-11H2,1-2H3/t12-/m0/s1. The van der Waals surface area contributed by atoms with Crippen molar-refractivity contribution >= 4 is 23.4 Å². The van der Waals surface area contributed by atoms with E-state index in [1.807, 2.05) is 30.0 Å². The SMILES string of the molecule is COCCCS[C@@H](C)C(=O)N1CCc2ccccc21. The monoisotopic (exact) mass is 279 g/mol. The summed E-state index contributed by atoms with van der Waals surface area (Å²) < 4.78 is 5.02. The van der Waals surface area contributed by atoms with Gasteiger partial charge in [-0.05, 0) is 37.1 Å². The first kappa shape index (κ1) is 14.4. The van der Waals surface area contributed by atoms with Crippen LogP contribution in [0.5, 0.6) is 0 Å². The molecule has 104 valence electrons. The minimum absolute atomic E-state index is 0.0167. The lowest BCUT2D eigenvalue weighted by atomic mass is 10.2. The number of ether oxygens (including phenoxy) is 1. The Balaban J connectivity index is 1.90. The van der Waals surface area contributed by atoms with Gasteiger partial charge < -0.3 is 9.64 Å². The maximum Gasteiger partial charge on any atom is 0.239 e. The number of rotatable bonds is 6. The predicted octanol–water partition coefficient (Wildman–Crippen LogP) is 2.73. The van der Waals surface area contributed by atoms with E-state index in [1.54, 1.807) is 18.9 Å². The molecule has 1 aromatic carbocycles. The van der Waals surface area contributed by atoms with Gasteiger partial charge in [0.25, 0.3) is 0 Å². The van der Waals surface area contributed by atoms with Crippen LogP contribution in [0.3, 0.4) is 0 Å². The van der Waals surface area contributed by atoms with Gasteiger partial charge in [0.05, 0.1) is 5.25 Å². The van der Waals surface area contributed by atoms with Gasteiger partial charge in [-0.25, -0.2) is 0 Å². The first-order chi connectivity index (χ1) is 9.24. The number of para-hydroxylation sites is 1. The second-order valence-electron chi connectivity index (χ2n) is 4.73. The van der Waals surface area contributed by atoms with Crippen LogP contribution in [0.4, 0.5) is 5.69 Å². The van der Waals surface area contributed by atoms with Crippen LogP contribution >= 0.6 is 11.8 Å². The molecule has 3 nitrogen and oxygen atoms in total. The first-order valence-electron chi connectivity index (χ1n) is 6.74. The summed E-state index contributed by atoms with van der Waals surface area (Å²) in [6.45, 7) is 3.59. The van der Waals surface area contributed by atoms with E-state index in [2.05, 4.69) is 6.07 Å². The lowest BCUT2D eigenvalue weighted by molar-refractivity contribution is -0.117. The molecular formula is C15H21NO2S. The molecule has 0 saturated heterocycles. The van der Waals surface area contributed by atoms with Crippen LogP contribution in [-0.2, 0) is 16.0 Å². The summed E-state index contributed by atoms with van der Waals surface area (Å²) in [6.07, 6.45) is 1.97. The van der Waals surface area contributed by atoms with Gasteiger partial charge >= 0.3 is 0 Å². The van der Waals surface area contributed by atoms with Crippen molar-refractivity contribution in [3.05, 3.63) is 29.8 Å². The molecule has 0 unspecified atom stereocenters. The highest BCUT2D eigenvalue weighted by molar-refractivity contribution is 8.00. The predicted molar refractivity (Wildman–Crippen MR) is 80.9 cm³/mol. The average Bonchev–Trinajstić information content (AvgIpc) is 2.86. The molecular weight excluding hydrogens is 258 g/mol. The maximum atomic E-state index is 12.4. The number of carbonyl (C=O) groups excluding carboxylic acids is 1. The fraction of sp³-hybridized carbons (Fsp3) is 0.533. The van der Waals surface area contributed by atoms with Crippen molar-refractivity contribution in [1.29, 1.82) is 0 Å². The molecule has 0 radical (unpaired) electrons. The van der Waals surface area contributed by atoms with Gasteiger partial charge in [0.2, 0.25) is 5.91 Å². The number of benzene rings is 1. The second-order valence-corrected chi connectivity index (χ2v) is 6.18. The lowest BCUT2D eigenvalue weighted by Crippen LogP contribution is -2.35. The molecule has 0 spiro atoms. The van der Waals surface area contributed by atoms with E-state index in [9.17, 15) is 4.79 Å². The zero-order valence-electron chi connectivity index (χ0n) is 11.6. The molecule has 0 aliphatic carbocycles. The molecule has 0 N–H and O–H groups in total. The van der Waals surface area contributed by atoms with Crippen LogP contribution < -0.4 is 4.90 Å². The van der Waals surface area contributed by atoms with Gasteiger partial charge in [-0.1, -0.05) is 18.2 Å². The van der Waals surface area contributed by atoms with Crippen molar-refractivity contribution in [3.63, 3.8) is 0 Å². The Hall–Kier alpha value is -1.00. The number of methoxy groups -OCH3 is 1. The van der Waals surface area contributed by atoms with E-state index in [0.717, 1.165) is 37.4 Å². The summed E-state index contributed by atoms with van der Waals surface area (Å²) in [4.78, 5) is 14.4. The maximum absolute atomic E-state index is 12.4. The molecule has 1 heterocycles. The van der Waals surface area contributed by atoms with Crippen LogP contribution in [-0.4, -0.2) is 37.2 Å². The third kappa shape index (κ3) is 3.51. The lowest BCUT2D eigenvalue weighted by Gasteiger charge is -2.21. The van der Waals surface area contributed by atoms with Crippen molar-refractivity contribution in [3.8, 4) is 0 Å². The van der Waals surface area contributed by atoms with E-state index in [-0.39, 0.29) is 11.2 Å². The number of anilines is 1. The smallest absolute Gasteiger partial charge is 0.239 e. The highest BCUT2D eigenvalue weighted by Crippen LogP contribution is 2.29. The van der Waals surface area contributed by atoms with Gasteiger partial charge in [-0.3, -0.25) is 4.79 Å². The fourth-order valence-corrected chi connectivity index (χ4v) is 3.23. The van der Waals surface area contributed by atoms with Crippen molar-refractivity contribution in [2.24, 2.45) is 0 Å². The van der Waals surface area contributed by atoms with E-state index in [4.69, 9.17) is 4.74 Å². The van der Waals surface area contributed by atoms with Crippen LogP contribution in [0.15, 0.2) is 24.3 Å². The molecule has 0 bridgehead atoms. The minimum atomic E-state index is 0.0167. The summed E-state index contributed by atoms with van der Waals surface area (Å²) in [7, 11) is 1.71. The number of fused-ring (bicyclic) bond motifs is 1. The largest absolute Gasteiger partial charge is 0.385 e. The molecule has 4 heteroatoms. The summed E-state index contributed by atoms with van der Waals surface area (Å²) in [6, 6.07) is 8.19. The third-order valence-corrected chi connectivity index (χ3v) is 4.59. The molecule has 0 aromatic heterocycles. The Bertz CT molecular complexity index is 436. The fourth-order valence-electron chi connectivity index (χ4n) is 2.32. The molecule has 2 rings (SSSR count). The summed E-state index contributed by atoms with van der Waals surface area (Å²) in [5.74, 6) is 1.20. The number of amides is 1. The quantitative estimate of drug-likeness (QED) is 0.750. The molecule has 1 aliphatic heterocycles. The van der Waals surface area contributed by atoms with Gasteiger partial charge in [0.1, 0.15) is 0 Å². The molecule has 1 amide bonds. The Kier molecular flexibility index (Phi) is 5.28. The zero-order chi connectivity index (χ0) is 13.7. The van der Waals surface area contributed by atoms with E-state index in [1.165, 1.54) is 5.56 Å². The molecule has 0 saturated carbocycles.